The highest BCUT2D eigenvalue weighted by molar-refractivity contribution is 7.86. The summed E-state index contributed by atoms with van der Waals surface area (Å²) in [5, 5.41) is 0. The lowest BCUT2D eigenvalue weighted by Crippen LogP contribution is -2.19. The molecule has 13 heavy (non-hydrogen) atoms. The number of hydrogen-bond acceptors (Lipinski definition) is 4. The minimum atomic E-state index is -3.63. The lowest BCUT2D eigenvalue weighted by molar-refractivity contribution is 0.210. The van der Waals surface area contributed by atoms with Crippen molar-refractivity contribution in [3.05, 3.63) is 30.3 Å². The van der Waals surface area contributed by atoms with Gasteiger partial charge in [0.1, 0.15) is 0 Å². The maximum atomic E-state index is 11.3. The van der Waals surface area contributed by atoms with Crippen LogP contribution in [0.15, 0.2) is 35.2 Å². The summed E-state index contributed by atoms with van der Waals surface area (Å²) in [6, 6.07) is 7.98. The zero-order chi connectivity index (χ0) is 9.73. The van der Waals surface area contributed by atoms with Gasteiger partial charge in [-0.25, -0.2) is 0 Å². The molecule has 5 heteroatoms. The van der Waals surface area contributed by atoms with Gasteiger partial charge in [0.05, 0.1) is 4.90 Å². The second-order valence-electron chi connectivity index (χ2n) is 2.35. The van der Waals surface area contributed by atoms with Gasteiger partial charge in [-0.3, -0.25) is 0 Å². The van der Waals surface area contributed by atoms with Gasteiger partial charge in [-0.15, -0.1) is 0 Å². The maximum absolute atomic E-state index is 11.3. The molecule has 1 aromatic rings. The summed E-state index contributed by atoms with van der Waals surface area (Å²) in [5.74, 6) is 0. The number of nitrogens with one attached hydrogen (secondary N) is 1. The van der Waals surface area contributed by atoms with Crippen LogP contribution in [0.4, 0.5) is 0 Å². The van der Waals surface area contributed by atoms with Crippen LogP contribution in [0.1, 0.15) is 6.92 Å². The SMILES string of the molecule is CCNOS(=O)(=O)c1ccccc1. The molecule has 0 spiro atoms. The van der Waals surface area contributed by atoms with Crippen LogP contribution in [0, 0.1) is 0 Å². The van der Waals surface area contributed by atoms with Crippen molar-refractivity contribution >= 4 is 10.1 Å². The summed E-state index contributed by atoms with van der Waals surface area (Å²) in [6.07, 6.45) is 0. The zero-order valence-corrected chi connectivity index (χ0v) is 8.04. The average molecular weight is 201 g/mol. The minimum Gasteiger partial charge on any atom is -0.192 e. The van der Waals surface area contributed by atoms with E-state index in [9.17, 15) is 8.42 Å². The zero-order valence-electron chi connectivity index (χ0n) is 7.23. The summed E-state index contributed by atoms with van der Waals surface area (Å²) in [4.78, 5) is 0.149. The molecule has 0 amide bonds. The molecule has 0 aromatic heterocycles. The highest BCUT2D eigenvalue weighted by atomic mass is 32.2. The highest BCUT2D eigenvalue weighted by Gasteiger charge is 2.13. The molecule has 1 rings (SSSR count). The number of rotatable bonds is 4. The van der Waals surface area contributed by atoms with E-state index >= 15 is 0 Å². The summed E-state index contributed by atoms with van der Waals surface area (Å²) >= 11 is 0. The van der Waals surface area contributed by atoms with Crippen LogP contribution in [-0.2, 0) is 14.4 Å². The molecule has 0 saturated heterocycles. The molecule has 0 bridgehead atoms. The molecular formula is C8H11NO3S. The van der Waals surface area contributed by atoms with E-state index in [-0.39, 0.29) is 4.90 Å². The van der Waals surface area contributed by atoms with Crippen molar-refractivity contribution in [3.63, 3.8) is 0 Å². The van der Waals surface area contributed by atoms with Gasteiger partial charge in [0.2, 0.25) is 0 Å². The molecule has 0 radical (unpaired) electrons. The first-order valence-electron chi connectivity index (χ1n) is 3.88. The lowest BCUT2D eigenvalue weighted by Gasteiger charge is -2.03. The molecule has 0 atom stereocenters. The van der Waals surface area contributed by atoms with Crippen LogP contribution >= 0.6 is 0 Å². The van der Waals surface area contributed by atoms with Crippen molar-refractivity contribution in [1.82, 2.24) is 5.48 Å². The topological polar surface area (TPSA) is 55.4 Å². The first kappa shape index (κ1) is 10.2. The van der Waals surface area contributed by atoms with Crippen LogP contribution in [0.25, 0.3) is 0 Å². The summed E-state index contributed by atoms with van der Waals surface area (Å²) < 4.78 is 27.1. The maximum Gasteiger partial charge on any atom is 0.312 e. The van der Waals surface area contributed by atoms with Crippen LogP contribution < -0.4 is 5.48 Å². The monoisotopic (exact) mass is 201 g/mol. The molecule has 0 aliphatic heterocycles. The molecule has 0 heterocycles. The second kappa shape index (κ2) is 4.36. The Bertz CT molecular complexity index is 347. The van der Waals surface area contributed by atoms with E-state index in [2.05, 4.69) is 9.76 Å². The Hall–Kier alpha value is -0.910. The van der Waals surface area contributed by atoms with Gasteiger partial charge in [0.15, 0.2) is 0 Å². The molecule has 1 aromatic carbocycles. The van der Waals surface area contributed by atoms with Crippen molar-refractivity contribution in [1.29, 1.82) is 0 Å². The molecule has 0 saturated carbocycles. The van der Waals surface area contributed by atoms with Gasteiger partial charge in [0, 0.05) is 6.54 Å². The van der Waals surface area contributed by atoms with Crippen molar-refractivity contribution in [3.8, 4) is 0 Å². The molecule has 0 fully saturated rings. The van der Waals surface area contributed by atoms with Gasteiger partial charge in [-0.2, -0.15) is 18.2 Å². The third-order valence-electron chi connectivity index (χ3n) is 1.34. The third-order valence-corrected chi connectivity index (χ3v) is 2.53. The van der Waals surface area contributed by atoms with Crippen molar-refractivity contribution < 1.29 is 12.7 Å². The Labute approximate surface area is 77.6 Å². The van der Waals surface area contributed by atoms with Crippen molar-refractivity contribution in [2.75, 3.05) is 6.54 Å². The Morgan fingerprint density at radius 1 is 1.31 bits per heavy atom. The van der Waals surface area contributed by atoms with Crippen LogP contribution in [0.3, 0.4) is 0 Å². The summed E-state index contributed by atoms with van der Waals surface area (Å²) in [7, 11) is -3.63. The van der Waals surface area contributed by atoms with Crippen LogP contribution in [0.5, 0.6) is 0 Å². The Kier molecular flexibility index (Phi) is 3.41. The molecular weight excluding hydrogens is 190 g/mol. The average Bonchev–Trinajstić information content (AvgIpc) is 2.16. The van der Waals surface area contributed by atoms with E-state index in [1.807, 2.05) is 0 Å². The van der Waals surface area contributed by atoms with E-state index in [0.717, 1.165) is 0 Å². The highest BCUT2D eigenvalue weighted by Crippen LogP contribution is 2.09. The first-order valence-corrected chi connectivity index (χ1v) is 5.29. The van der Waals surface area contributed by atoms with Crippen molar-refractivity contribution in [2.24, 2.45) is 0 Å². The smallest absolute Gasteiger partial charge is 0.192 e. The Balaban J connectivity index is 2.83. The quantitative estimate of drug-likeness (QED) is 0.736. The minimum absolute atomic E-state index is 0.149. The fraction of sp³-hybridized carbons (Fsp3) is 0.250. The van der Waals surface area contributed by atoms with E-state index < -0.39 is 10.1 Å². The largest absolute Gasteiger partial charge is 0.312 e. The van der Waals surface area contributed by atoms with Gasteiger partial charge in [-0.05, 0) is 12.1 Å². The van der Waals surface area contributed by atoms with Crippen molar-refractivity contribution in [2.45, 2.75) is 11.8 Å². The van der Waals surface area contributed by atoms with E-state index in [0.29, 0.717) is 6.54 Å². The second-order valence-corrected chi connectivity index (χ2v) is 3.89. The first-order chi connectivity index (χ1) is 6.17. The number of hydroxylamine groups is 1. The Morgan fingerprint density at radius 3 is 2.46 bits per heavy atom. The fourth-order valence-corrected chi connectivity index (χ4v) is 1.63. The van der Waals surface area contributed by atoms with Gasteiger partial charge in [0.25, 0.3) is 0 Å². The van der Waals surface area contributed by atoms with Crippen LogP contribution in [-0.4, -0.2) is 15.0 Å². The predicted molar refractivity (Wildman–Crippen MR) is 48.4 cm³/mol. The number of benzene rings is 1. The standard InChI is InChI=1S/C8H11NO3S/c1-2-9-12-13(10,11)8-6-4-3-5-7-8/h3-7,9H,2H2,1H3. The number of hydrogen-bond donors (Lipinski definition) is 1. The van der Waals surface area contributed by atoms with Gasteiger partial charge in [-0.1, -0.05) is 25.1 Å². The molecule has 0 unspecified atom stereocenters. The summed E-state index contributed by atoms with van der Waals surface area (Å²) in [6.45, 7) is 2.19. The summed E-state index contributed by atoms with van der Waals surface area (Å²) in [5.41, 5.74) is 2.30. The normalized spacial score (nSPS) is 11.5. The molecule has 0 aliphatic rings. The Morgan fingerprint density at radius 2 is 1.92 bits per heavy atom. The predicted octanol–water partition coefficient (Wildman–Crippen LogP) is 0.916. The molecule has 1 N–H and O–H groups in total. The van der Waals surface area contributed by atoms with E-state index in [1.165, 1.54) is 12.1 Å². The van der Waals surface area contributed by atoms with Gasteiger partial charge < -0.3 is 0 Å². The molecule has 4 nitrogen and oxygen atoms in total. The van der Waals surface area contributed by atoms with E-state index in [1.54, 1.807) is 25.1 Å². The third kappa shape index (κ3) is 2.80. The fourth-order valence-electron chi connectivity index (χ4n) is 0.772. The van der Waals surface area contributed by atoms with Gasteiger partial charge >= 0.3 is 10.1 Å². The molecule has 72 valence electrons. The van der Waals surface area contributed by atoms with E-state index in [4.69, 9.17) is 0 Å². The lowest BCUT2D eigenvalue weighted by atomic mass is 10.4. The molecule has 0 aliphatic carbocycles. The van der Waals surface area contributed by atoms with Crippen LogP contribution in [0.2, 0.25) is 0 Å².